The van der Waals surface area contributed by atoms with Gasteiger partial charge in [-0.1, -0.05) is 465 Å². The fourth-order valence-corrected chi connectivity index (χ4v) is 29.6. The van der Waals surface area contributed by atoms with Gasteiger partial charge in [-0.25, -0.2) is 0 Å². The van der Waals surface area contributed by atoms with Crippen LogP contribution >= 0.6 is 0 Å². The molecule has 0 saturated heterocycles. The fourth-order valence-electron chi connectivity index (χ4n) is 19.1. The Morgan fingerprint density at radius 2 is 0.485 bits per heavy atom. The molecule has 0 spiro atoms. The van der Waals surface area contributed by atoms with E-state index < -0.39 is 49.2 Å². The van der Waals surface area contributed by atoms with Crippen LogP contribution in [-0.2, 0) is 130 Å². The number of aliphatic hydroxyl groups excluding tert-OH is 3. The first kappa shape index (κ1) is 190. The van der Waals surface area contributed by atoms with Gasteiger partial charge in [0.25, 0.3) is 0 Å². The summed E-state index contributed by atoms with van der Waals surface area (Å²) in [5.41, 5.74) is 1.86. The van der Waals surface area contributed by atoms with Crippen molar-refractivity contribution in [3.05, 3.63) is 89.1 Å². The zero-order chi connectivity index (χ0) is 85.2. The van der Waals surface area contributed by atoms with Crippen molar-refractivity contribution in [1.82, 2.24) is 0 Å². The van der Waals surface area contributed by atoms with E-state index in [9.17, 15) is 10.2 Å². The summed E-state index contributed by atoms with van der Waals surface area (Å²) in [4.78, 5) is 24.0. The monoisotopic (exact) mass is 2230 g/mol. The average Bonchev–Trinajstić information content (AvgIpc) is 1.66. The minimum Gasteiger partial charge on any atom is -0.418 e. The molecule has 12 fully saturated rings. The Labute approximate surface area is 910 Å². The third kappa shape index (κ3) is 115. The number of hydrogen-bond donors (Lipinski definition) is 3. The first-order valence-corrected chi connectivity index (χ1v) is 69.1. The van der Waals surface area contributed by atoms with Crippen LogP contribution in [0.3, 0.4) is 0 Å². The van der Waals surface area contributed by atoms with Crippen LogP contribution in [-0.4, -0.2) is 124 Å². The maximum Gasteiger partial charge on any atom is 2.00 e. The number of carbonyl (C=O) groups is 3. The van der Waals surface area contributed by atoms with E-state index in [4.69, 9.17) is 32.8 Å². The molecule has 818 valence electrons. The van der Waals surface area contributed by atoms with Gasteiger partial charge in [0.2, 0.25) is 8.32 Å². The summed E-state index contributed by atoms with van der Waals surface area (Å²) in [5, 5.41) is 27.6. The van der Waals surface area contributed by atoms with Gasteiger partial charge in [-0.3, -0.25) is 0 Å². The van der Waals surface area contributed by atoms with Crippen LogP contribution in [0.1, 0.15) is 427 Å². The van der Waals surface area contributed by atoms with Crippen LogP contribution in [0.5, 0.6) is 0 Å². The molecular formula is C111H248Fe6O9Si6. The second-order valence-corrected chi connectivity index (χ2v) is 69.9. The molecule has 12 rings (SSSR count). The van der Waals surface area contributed by atoms with Crippen molar-refractivity contribution in [2.75, 3.05) is 39.0 Å². The molecule has 0 radical (unpaired) electrons. The molecule has 0 aromatic rings. The predicted molar refractivity (Wildman–Crippen MR) is 602 cm³/mol. The summed E-state index contributed by atoms with van der Waals surface area (Å²) in [5.74, 6) is 6.08. The molecule has 3 atom stereocenters. The molecule has 0 aliphatic heterocycles. The summed E-state index contributed by atoms with van der Waals surface area (Å²) in [7, 11) is -5.82. The maximum atomic E-state index is 9.29. The van der Waals surface area contributed by atoms with E-state index in [1.165, 1.54) is 410 Å². The Morgan fingerprint density at radius 3 is 0.697 bits per heavy atom. The van der Waals surface area contributed by atoms with Gasteiger partial charge in [0.05, 0.1) is 22.4 Å². The smallest absolute Gasteiger partial charge is 0.418 e. The zero-order valence-electron chi connectivity index (χ0n) is 94.2. The summed E-state index contributed by atoms with van der Waals surface area (Å²) in [6.07, 6.45) is 91.1. The molecule has 0 amide bonds. The van der Waals surface area contributed by atoms with E-state index in [-0.39, 0.29) is 205 Å². The quantitative estimate of drug-likeness (QED) is 0.0417. The average molecular weight is 2230 g/mol. The van der Waals surface area contributed by atoms with Crippen molar-refractivity contribution in [2.45, 2.75) is 541 Å². The number of hydrogen-bond acceptors (Lipinski definition) is 9. The predicted octanol–water partition coefficient (Wildman–Crippen LogP) is 37.8. The Hall–Kier alpha value is 3.19. The Kier molecular flexibility index (Phi) is 185. The maximum absolute atomic E-state index is 9.29. The molecule has 9 nitrogen and oxygen atoms in total. The molecule has 21 heteroatoms. The van der Waals surface area contributed by atoms with Gasteiger partial charge < -0.3 is 132 Å². The fraction of sp³-hybridized carbons (Fsp3) is 0.865. The standard InChI is InChI=1S/C13H28OSi.2C11H24OSi.C10H22O2Si.C10H22OSi.C10H22Si.6C5H10.3CH2O.CH4.12CH3.6Fe/c1-4-14-15(2,3)12-8-7-11-13-9-5-6-10-13;1-13(2,10-12)9-5-8-11-6-3-4-7-11;1-4-12-13(2,3)10-9-11-7-5-6-8-11;1-12-13(2,9-11)8-7-10-5-3-4-6-10;1-9(12(2,3)8-11)10-6-4-5-7-10;1-9(11(2,3)4)10-7-5-6-8-10;6*1-2-4-5-3-1;3*1-2;;;;;;;;;;;;;;;;;;;/h13H,4-12H2,1-3H3;11-12H,3-10H2,1-2H3;11H,4-10H2,1-3H3;10-11H,3-9H2,1-2H3;9-11H,4-8H2,1-3H3;9-10H,5-8H2,1-4H3;6*1-5H2;3*1H2;1H4;12*1H3;;;;;;/q;;;;;;;;;;;;;;;;12*-1;6*+2. The zero-order valence-corrected chi connectivity index (χ0v) is 107. The van der Waals surface area contributed by atoms with Crippen molar-refractivity contribution in [3.8, 4) is 0 Å². The molecule has 3 N–H and O–H groups in total. The Bertz CT molecular complexity index is 1820. The van der Waals surface area contributed by atoms with Crippen LogP contribution < -0.4 is 0 Å². The van der Waals surface area contributed by atoms with Crippen LogP contribution in [0.25, 0.3) is 0 Å². The first-order valence-electron chi connectivity index (χ1n) is 49.7. The van der Waals surface area contributed by atoms with Crippen molar-refractivity contribution < 1.29 is 145 Å². The van der Waals surface area contributed by atoms with Gasteiger partial charge >= 0.3 is 102 Å². The number of rotatable bonds is 27. The molecule has 12 aliphatic carbocycles. The second-order valence-electron chi connectivity index (χ2n) is 41.1. The minimum absolute atomic E-state index is 0. The molecule has 0 aromatic heterocycles. The number of unbranched alkanes of at least 4 members (excludes halogenated alkanes) is 1. The van der Waals surface area contributed by atoms with E-state index in [0.717, 1.165) is 65.8 Å². The van der Waals surface area contributed by atoms with E-state index in [1.807, 2.05) is 20.4 Å². The van der Waals surface area contributed by atoms with Crippen LogP contribution in [0, 0.1) is 125 Å². The Morgan fingerprint density at radius 1 is 0.273 bits per heavy atom. The summed E-state index contributed by atoms with van der Waals surface area (Å²) in [6.45, 7) is 45.2. The number of aliphatic hydroxyl groups is 3. The minimum atomic E-state index is -1.71. The van der Waals surface area contributed by atoms with E-state index >= 15 is 0 Å². The Balaban J connectivity index is -0.0000000498. The van der Waals surface area contributed by atoms with E-state index in [1.54, 1.807) is 7.11 Å². The third-order valence-corrected chi connectivity index (χ3v) is 46.0. The van der Waals surface area contributed by atoms with E-state index in [2.05, 4.69) is 106 Å². The van der Waals surface area contributed by atoms with Gasteiger partial charge in [0.15, 0.2) is 16.6 Å². The molecule has 0 aromatic carbocycles. The molecule has 132 heavy (non-hydrogen) atoms. The normalized spacial score (nSPS) is 17.9. The topological polar surface area (TPSA) is 140 Å². The van der Waals surface area contributed by atoms with Gasteiger partial charge in [0, 0.05) is 40.9 Å². The van der Waals surface area contributed by atoms with Crippen LogP contribution in [0.15, 0.2) is 0 Å². The summed E-state index contributed by atoms with van der Waals surface area (Å²) < 4.78 is 17.1. The van der Waals surface area contributed by atoms with Crippen molar-refractivity contribution in [1.29, 1.82) is 0 Å². The first-order chi connectivity index (χ1) is 54.2. The van der Waals surface area contributed by atoms with Crippen LogP contribution in [0.4, 0.5) is 0 Å². The summed E-state index contributed by atoms with van der Waals surface area (Å²) in [6, 6.07) is 5.17. The van der Waals surface area contributed by atoms with Crippen molar-refractivity contribution in [3.63, 3.8) is 0 Å². The van der Waals surface area contributed by atoms with Crippen molar-refractivity contribution >= 4 is 69.5 Å². The van der Waals surface area contributed by atoms with Gasteiger partial charge in [-0.2, -0.15) is 0 Å². The molecule has 0 bridgehead atoms. The molecule has 0 heterocycles. The van der Waals surface area contributed by atoms with Gasteiger partial charge in [0.1, 0.15) is 20.4 Å². The molecule has 12 aliphatic rings. The molecular weight excluding hydrogens is 1980 g/mol. The molecule has 3 unspecified atom stereocenters. The van der Waals surface area contributed by atoms with Gasteiger partial charge in [-0.15, -0.1) is 0 Å². The molecule has 12 saturated carbocycles. The SMILES string of the molecule is C.C1CCCC1.C1CCCC1.C1CCCC1.C1CCCC1.C1CCCC1.C1CCCC1.C=O.C=O.C=O.CC(C1CCCC1)[Si](C)(C)C.CC(C1CCCC1)[Si](C)(C)CO.CCO[Si](C)(C)CCC1CCCC1.CCO[Si](C)(C)CCCCC1CCCC1.CO[Si](C)(CO)CCC1CCCC1.C[Si](C)(CO)CCCC1CCCC1.[CH3-].[CH3-].[CH3-].[CH3-].[CH3-].[CH3-].[CH3-].[CH3-].[CH3-].[CH3-].[CH3-].[CH3-].[Fe+2].[Fe+2].[Fe+2].[Fe+2].[Fe+2].[Fe+2]. The summed E-state index contributed by atoms with van der Waals surface area (Å²) >= 11 is 0. The largest absolute Gasteiger partial charge is 2.00 e. The second kappa shape index (κ2) is 128. The van der Waals surface area contributed by atoms with Crippen molar-refractivity contribution in [2.24, 2.45) is 35.5 Å². The van der Waals surface area contributed by atoms with Crippen LogP contribution in [0.2, 0.25) is 114 Å². The number of carbonyl (C=O) groups excluding carboxylic acids is 3. The van der Waals surface area contributed by atoms with Gasteiger partial charge in [-0.05, 0) is 111 Å². The third-order valence-electron chi connectivity index (χ3n) is 28.3. The van der Waals surface area contributed by atoms with E-state index in [0.29, 0.717) is 12.5 Å².